The maximum absolute atomic E-state index is 12.3. The molecule has 0 aliphatic carbocycles. The summed E-state index contributed by atoms with van der Waals surface area (Å²) in [6.45, 7) is -0.160. The number of amides is 1. The SMILES string of the molecule is Cn1c(=O)c2sccc2n(CC(=O)Nc2cccc(Br)c2)c1=O. The second kappa shape index (κ2) is 6.13. The molecule has 6 nitrogen and oxygen atoms in total. The fourth-order valence-corrected chi connectivity index (χ4v) is 3.53. The van der Waals surface area contributed by atoms with Crippen molar-refractivity contribution in [3.63, 3.8) is 0 Å². The van der Waals surface area contributed by atoms with Gasteiger partial charge in [-0.25, -0.2) is 4.79 Å². The van der Waals surface area contributed by atoms with E-state index in [2.05, 4.69) is 21.2 Å². The summed E-state index contributed by atoms with van der Waals surface area (Å²) in [6, 6.07) is 8.85. The minimum Gasteiger partial charge on any atom is -0.324 e. The van der Waals surface area contributed by atoms with Crippen molar-refractivity contribution in [1.82, 2.24) is 9.13 Å². The zero-order valence-electron chi connectivity index (χ0n) is 12.1. The number of rotatable bonds is 3. The van der Waals surface area contributed by atoms with E-state index in [0.717, 1.165) is 9.04 Å². The summed E-state index contributed by atoms with van der Waals surface area (Å²) < 4.78 is 3.63. The molecule has 1 N–H and O–H groups in total. The molecule has 118 valence electrons. The van der Waals surface area contributed by atoms with Gasteiger partial charge in [0.05, 0.1) is 5.52 Å². The average molecular weight is 394 g/mol. The topological polar surface area (TPSA) is 73.1 Å². The van der Waals surface area contributed by atoms with Crippen LogP contribution in [0.3, 0.4) is 0 Å². The zero-order chi connectivity index (χ0) is 16.6. The fourth-order valence-electron chi connectivity index (χ4n) is 2.26. The molecule has 3 aromatic rings. The number of halogens is 1. The Morgan fingerprint density at radius 2 is 2.09 bits per heavy atom. The summed E-state index contributed by atoms with van der Waals surface area (Å²) in [5, 5.41) is 4.47. The van der Waals surface area contributed by atoms with Crippen LogP contribution in [-0.4, -0.2) is 15.0 Å². The highest BCUT2D eigenvalue weighted by Crippen LogP contribution is 2.17. The van der Waals surface area contributed by atoms with Crippen molar-refractivity contribution in [2.24, 2.45) is 7.05 Å². The number of thiophene rings is 1. The summed E-state index contributed by atoms with van der Waals surface area (Å²) in [4.78, 5) is 36.6. The van der Waals surface area contributed by atoms with Crippen molar-refractivity contribution in [3.8, 4) is 0 Å². The minimum atomic E-state index is -0.509. The van der Waals surface area contributed by atoms with Gasteiger partial charge in [-0.15, -0.1) is 11.3 Å². The van der Waals surface area contributed by atoms with E-state index in [4.69, 9.17) is 0 Å². The maximum Gasteiger partial charge on any atom is 0.331 e. The van der Waals surface area contributed by atoms with Gasteiger partial charge < -0.3 is 5.32 Å². The lowest BCUT2D eigenvalue weighted by Crippen LogP contribution is -2.39. The van der Waals surface area contributed by atoms with Crippen LogP contribution < -0.4 is 16.6 Å². The van der Waals surface area contributed by atoms with Crippen LogP contribution in [0.1, 0.15) is 0 Å². The van der Waals surface area contributed by atoms with Gasteiger partial charge in [0.15, 0.2) is 0 Å². The van der Waals surface area contributed by atoms with E-state index in [1.807, 2.05) is 6.07 Å². The van der Waals surface area contributed by atoms with E-state index in [1.165, 1.54) is 23.0 Å². The van der Waals surface area contributed by atoms with Crippen molar-refractivity contribution in [1.29, 1.82) is 0 Å². The first-order chi connectivity index (χ1) is 11.0. The van der Waals surface area contributed by atoms with Gasteiger partial charge in [-0.05, 0) is 29.6 Å². The molecule has 2 heterocycles. The molecule has 0 spiro atoms. The highest BCUT2D eigenvalue weighted by molar-refractivity contribution is 9.10. The van der Waals surface area contributed by atoms with Gasteiger partial charge in [0.2, 0.25) is 5.91 Å². The third-order valence-corrected chi connectivity index (χ3v) is 4.75. The number of anilines is 1. The largest absolute Gasteiger partial charge is 0.331 e. The molecular formula is C15H12BrN3O3S. The molecule has 3 rings (SSSR count). The number of benzene rings is 1. The summed E-state index contributed by atoms with van der Waals surface area (Å²) in [6.07, 6.45) is 0. The third-order valence-electron chi connectivity index (χ3n) is 3.36. The first-order valence-corrected chi connectivity index (χ1v) is 8.37. The lowest BCUT2D eigenvalue weighted by atomic mass is 10.3. The van der Waals surface area contributed by atoms with Crippen LogP contribution >= 0.6 is 27.3 Å². The lowest BCUT2D eigenvalue weighted by molar-refractivity contribution is -0.116. The van der Waals surface area contributed by atoms with Gasteiger partial charge in [0.1, 0.15) is 11.2 Å². The molecule has 0 radical (unpaired) electrons. The van der Waals surface area contributed by atoms with Gasteiger partial charge in [-0.1, -0.05) is 22.0 Å². The minimum absolute atomic E-state index is 0.160. The molecule has 0 aliphatic rings. The molecule has 0 unspecified atom stereocenters. The van der Waals surface area contributed by atoms with E-state index < -0.39 is 5.69 Å². The molecule has 0 atom stereocenters. The number of hydrogen-bond donors (Lipinski definition) is 1. The first-order valence-electron chi connectivity index (χ1n) is 6.70. The summed E-state index contributed by atoms with van der Waals surface area (Å²) in [5.74, 6) is -0.337. The number of nitrogens with zero attached hydrogens (tertiary/aromatic N) is 2. The van der Waals surface area contributed by atoms with Crippen LogP contribution in [0.15, 0.2) is 49.8 Å². The summed E-state index contributed by atoms with van der Waals surface area (Å²) in [7, 11) is 1.41. The number of carbonyl (C=O) groups excluding carboxylic acids is 1. The zero-order valence-corrected chi connectivity index (χ0v) is 14.5. The normalized spacial score (nSPS) is 10.9. The van der Waals surface area contributed by atoms with E-state index in [-0.39, 0.29) is 18.0 Å². The smallest absolute Gasteiger partial charge is 0.324 e. The number of nitrogens with one attached hydrogen (secondary N) is 1. The Bertz CT molecular complexity index is 1020. The van der Waals surface area contributed by atoms with Crippen LogP contribution in [0.25, 0.3) is 10.2 Å². The molecule has 1 aromatic carbocycles. The van der Waals surface area contributed by atoms with Crippen LogP contribution in [0.2, 0.25) is 0 Å². The standard InChI is InChI=1S/C15H12BrN3O3S/c1-18-14(21)13-11(5-6-23-13)19(15(18)22)8-12(20)17-10-4-2-3-9(16)7-10/h2-7H,8H2,1H3,(H,17,20). The Morgan fingerprint density at radius 3 is 2.83 bits per heavy atom. The monoisotopic (exact) mass is 393 g/mol. The summed E-state index contributed by atoms with van der Waals surface area (Å²) in [5.41, 5.74) is 0.255. The van der Waals surface area contributed by atoms with Crippen molar-refractivity contribution in [2.75, 3.05) is 5.32 Å². The van der Waals surface area contributed by atoms with E-state index in [0.29, 0.717) is 15.9 Å². The molecule has 0 aliphatic heterocycles. The Balaban J connectivity index is 1.96. The van der Waals surface area contributed by atoms with Crippen molar-refractivity contribution in [2.45, 2.75) is 6.54 Å². The molecular weight excluding hydrogens is 382 g/mol. The highest BCUT2D eigenvalue weighted by atomic mass is 79.9. The Kier molecular flexibility index (Phi) is 4.18. The molecule has 8 heteroatoms. The van der Waals surface area contributed by atoms with E-state index >= 15 is 0 Å². The Morgan fingerprint density at radius 1 is 1.30 bits per heavy atom. The van der Waals surface area contributed by atoms with Crippen molar-refractivity contribution >= 4 is 49.1 Å². The van der Waals surface area contributed by atoms with Crippen molar-refractivity contribution < 1.29 is 4.79 Å². The maximum atomic E-state index is 12.3. The predicted octanol–water partition coefficient (Wildman–Crippen LogP) is 2.16. The van der Waals surface area contributed by atoms with E-state index in [1.54, 1.807) is 29.6 Å². The van der Waals surface area contributed by atoms with Gasteiger partial charge in [0, 0.05) is 17.2 Å². The molecule has 0 saturated carbocycles. The average Bonchev–Trinajstić information content (AvgIpc) is 2.99. The van der Waals surface area contributed by atoms with E-state index in [9.17, 15) is 14.4 Å². The number of hydrogen-bond acceptors (Lipinski definition) is 4. The molecule has 0 fully saturated rings. The second-order valence-electron chi connectivity index (χ2n) is 4.93. The van der Waals surface area contributed by atoms with Gasteiger partial charge in [-0.2, -0.15) is 0 Å². The number of aromatic nitrogens is 2. The van der Waals surface area contributed by atoms with Gasteiger partial charge in [0.25, 0.3) is 5.56 Å². The van der Waals surface area contributed by atoms with Crippen molar-refractivity contribution in [3.05, 3.63) is 61.0 Å². The van der Waals surface area contributed by atoms with Gasteiger partial charge in [-0.3, -0.25) is 18.7 Å². The van der Waals surface area contributed by atoms with Crippen LogP contribution in [0, 0.1) is 0 Å². The van der Waals surface area contributed by atoms with Crippen LogP contribution in [0.5, 0.6) is 0 Å². The fraction of sp³-hybridized carbons (Fsp3) is 0.133. The highest BCUT2D eigenvalue weighted by Gasteiger charge is 2.14. The molecule has 2 aromatic heterocycles. The first kappa shape index (κ1) is 15.7. The Labute approximate surface area is 143 Å². The molecule has 0 bridgehead atoms. The molecule has 0 saturated heterocycles. The summed E-state index contributed by atoms with van der Waals surface area (Å²) >= 11 is 4.59. The Hall–Kier alpha value is -2.19. The number of carbonyl (C=O) groups is 1. The van der Waals surface area contributed by atoms with Gasteiger partial charge >= 0.3 is 5.69 Å². The molecule has 1 amide bonds. The van der Waals surface area contributed by atoms with Crippen LogP contribution in [0.4, 0.5) is 5.69 Å². The van der Waals surface area contributed by atoms with Crippen LogP contribution in [-0.2, 0) is 18.4 Å². The second-order valence-corrected chi connectivity index (χ2v) is 6.76. The molecule has 23 heavy (non-hydrogen) atoms. The number of fused-ring (bicyclic) bond motifs is 1. The predicted molar refractivity (Wildman–Crippen MR) is 94.1 cm³/mol. The lowest BCUT2D eigenvalue weighted by Gasteiger charge is -2.10. The quantitative estimate of drug-likeness (QED) is 0.740. The third kappa shape index (κ3) is 2.99.